The number of hydrogen-bond acceptors (Lipinski definition) is 7. The van der Waals surface area contributed by atoms with E-state index in [2.05, 4.69) is 31.4 Å². The fourth-order valence-electron chi connectivity index (χ4n) is 4.73. The minimum Gasteiger partial charge on any atom is -0.493 e. The van der Waals surface area contributed by atoms with Gasteiger partial charge in [-0.3, -0.25) is 9.59 Å². The van der Waals surface area contributed by atoms with Crippen LogP contribution in [-0.4, -0.2) is 81.1 Å². The van der Waals surface area contributed by atoms with Crippen molar-refractivity contribution in [1.29, 1.82) is 0 Å². The van der Waals surface area contributed by atoms with Gasteiger partial charge >= 0.3 is 5.97 Å². The van der Waals surface area contributed by atoms with E-state index in [-0.39, 0.29) is 19.4 Å². The molecule has 2 N–H and O–H groups in total. The smallest absolute Gasteiger partial charge is 0.304 e. The third-order valence-electron chi connectivity index (χ3n) is 6.78. The van der Waals surface area contributed by atoms with E-state index >= 15 is 0 Å². The number of nitrogens with zero attached hydrogens (tertiary/aromatic N) is 2. The summed E-state index contributed by atoms with van der Waals surface area (Å²) in [5, 5.41) is 12.9. The van der Waals surface area contributed by atoms with Gasteiger partial charge in [-0.05, 0) is 36.1 Å². The highest BCUT2D eigenvalue weighted by atomic mass is 32.1. The molecule has 9 nitrogen and oxygen atoms in total. The molecular weight excluding hydrogens is 544 g/mol. The van der Waals surface area contributed by atoms with Crippen LogP contribution in [0, 0.1) is 17.0 Å². The zero-order valence-corrected chi connectivity index (χ0v) is 23.8. The van der Waals surface area contributed by atoms with Crippen LogP contribution in [-0.2, 0) is 33.7 Å². The van der Waals surface area contributed by atoms with Gasteiger partial charge in [0, 0.05) is 12.1 Å². The molecule has 4 rings (SSSR count). The van der Waals surface area contributed by atoms with Crippen LogP contribution in [0.4, 0.5) is 8.78 Å². The lowest BCUT2D eigenvalue weighted by Crippen LogP contribution is -2.43. The molecule has 1 heterocycles. The van der Waals surface area contributed by atoms with Crippen molar-refractivity contribution in [3.05, 3.63) is 52.0 Å². The first-order valence-corrected chi connectivity index (χ1v) is 13.7. The van der Waals surface area contributed by atoms with Crippen LogP contribution in [0.15, 0.2) is 24.3 Å². The number of rotatable bonds is 13. The van der Waals surface area contributed by atoms with Crippen LogP contribution >= 0.6 is 11.3 Å². The van der Waals surface area contributed by atoms with Crippen molar-refractivity contribution in [2.45, 2.75) is 25.8 Å². The number of carboxylic acids is 1. The highest BCUT2D eigenvalue weighted by molar-refractivity contribution is 7.18. The molecule has 0 bridgehead atoms. The molecule has 1 amide bonds. The third kappa shape index (κ3) is 7.04. The van der Waals surface area contributed by atoms with Crippen molar-refractivity contribution in [2.75, 3.05) is 54.6 Å². The van der Waals surface area contributed by atoms with Gasteiger partial charge in [-0.15, -0.1) is 11.3 Å². The Bertz CT molecular complexity index is 1370. The molecule has 1 aliphatic rings. The van der Waals surface area contributed by atoms with Crippen molar-refractivity contribution >= 4 is 33.4 Å². The quantitative estimate of drug-likeness (QED) is 0.236. The molecule has 1 aliphatic carbocycles. The zero-order chi connectivity index (χ0) is 29.1. The number of ether oxygens (including phenoxy) is 3. The van der Waals surface area contributed by atoms with Crippen LogP contribution in [0.5, 0.6) is 11.5 Å². The van der Waals surface area contributed by atoms with Gasteiger partial charge in [0.1, 0.15) is 18.2 Å². The van der Waals surface area contributed by atoms with Gasteiger partial charge in [-0.25, -0.2) is 13.8 Å². The van der Waals surface area contributed by atoms with Crippen molar-refractivity contribution in [3.8, 4) is 11.5 Å². The van der Waals surface area contributed by atoms with Gasteiger partial charge < -0.3 is 29.1 Å². The van der Waals surface area contributed by atoms with E-state index in [1.165, 1.54) is 11.3 Å². The lowest BCUT2D eigenvalue weighted by Gasteiger charge is -2.25. The number of carbonyl (C=O) groups is 2. The maximum atomic E-state index is 13.8. The second-order valence-electron chi connectivity index (χ2n) is 11.0. The Morgan fingerprint density at radius 3 is 2.33 bits per heavy atom. The molecule has 0 radical (unpaired) electrons. The van der Waals surface area contributed by atoms with Crippen molar-refractivity contribution in [1.82, 2.24) is 10.3 Å². The Morgan fingerprint density at radius 1 is 1.05 bits per heavy atom. The predicted octanol–water partition coefficient (Wildman–Crippen LogP) is 3.56. The number of benzene rings is 2. The zero-order valence-electron chi connectivity index (χ0n) is 23.0. The lowest BCUT2D eigenvalue weighted by atomic mass is 9.80. The van der Waals surface area contributed by atoms with Crippen LogP contribution < -0.4 is 14.8 Å². The van der Waals surface area contributed by atoms with Crippen molar-refractivity contribution in [2.24, 2.45) is 5.41 Å². The van der Waals surface area contributed by atoms with Crippen LogP contribution in [0.1, 0.15) is 22.6 Å². The summed E-state index contributed by atoms with van der Waals surface area (Å²) in [4.78, 5) is 29.5. The molecule has 0 spiro atoms. The van der Waals surface area contributed by atoms with E-state index in [0.717, 1.165) is 27.9 Å². The van der Waals surface area contributed by atoms with Gasteiger partial charge in [0.2, 0.25) is 5.91 Å². The number of amides is 1. The fraction of sp³-hybridized carbons (Fsp3) is 0.464. The molecule has 0 aliphatic heterocycles. The molecule has 12 heteroatoms. The maximum Gasteiger partial charge on any atom is 0.304 e. The molecule has 0 saturated heterocycles. The monoisotopic (exact) mass is 578 g/mol. The number of aromatic nitrogens is 1. The number of aliphatic carboxylic acids is 1. The Labute approximate surface area is 235 Å². The number of nitrogens with one attached hydrogen (secondary N) is 1. The minimum atomic E-state index is -1.34. The first-order valence-electron chi connectivity index (χ1n) is 12.8. The maximum absolute atomic E-state index is 13.8. The second-order valence-corrected chi connectivity index (χ2v) is 12.1. The summed E-state index contributed by atoms with van der Waals surface area (Å²) < 4.78 is 46.2. The van der Waals surface area contributed by atoms with Crippen LogP contribution in [0.25, 0.3) is 10.2 Å². The van der Waals surface area contributed by atoms with Gasteiger partial charge in [-0.2, -0.15) is 0 Å². The Morgan fingerprint density at radius 2 is 1.73 bits per heavy atom. The highest BCUT2D eigenvalue weighted by Crippen LogP contribution is 2.41. The van der Waals surface area contributed by atoms with E-state index < -0.39 is 35.3 Å². The number of quaternary nitrogens is 1. The molecule has 0 saturated carbocycles. The van der Waals surface area contributed by atoms with Gasteiger partial charge in [0.25, 0.3) is 0 Å². The number of carboxylic acid groups (broad SMARTS) is 1. The molecule has 0 unspecified atom stereocenters. The topological polar surface area (TPSA) is 107 Å². The number of likely N-dealkylation sites (N-methyl/N-ethyl adjacent to an activating group) is 1. The summed E-state index contributed by atoms with van der Waals surface area (Å²) in [6, 6.07) is 5.66. The summed E-state index contributed by atoms with van der Waals surface area (Å²) in [7, 11) is 7.84. The SMILES string of the molecule is COc1cc2sc(CNC(=O)C3(CC(=O)O)Cc4cc(F)c(F)cc4C3)nc2cc1OCCOCC[N+](C)(C)C. The Hall–Kier alpha value is -3.35. The number of carbonyl (C=O) groups excluding carboxylic acids is 1. The largest absolute Gasteiger partial charge is 0.493 e. The number of methoxy groups -OCH3 is 1. The first kappa shape index (κ1) is 29.6. The Kier molecular flexibility index (Phi) is 8.91. The average Bonchev–Trinajstić information content (AvgIpc) is 3.43. The molecule has 2 aromatic carbocycles. The van der Waals surface area contributed by atoms with E-state index in [0.29, 0.717) is 53.0 Å². The Balaban J connectivity index is 1.41. The van der Waals surface area contributed by atoms with Gasteiger partial charge in [-0.1, -0.05) is 0 Å². The molecule has 0 atom stereocenters. The van der Waals surface area contributed by atoms with Crippen molar-refractivity contribution in [3.63, 3.8) is 0 Å². The number of thiazole rings is 1. The minimum absolute atomic E-state index is 0.00839. The third-order valence-corrected chi connectivity index (χ3v) is 7.80. The number of fused-ring (bicyclic) bond motifs is 2. The average molecular weight is 579 g/mol. The van der Waals surface area contributed by atoms with Crippen LogP contribution in [0.3, 0.4) is 0 Å². The summed E-state index contributed by atoms with van der Waals surface area (Å²) >= 11 is 1.36. The molecule has 216 valence electrons. The first-order chi connectivity index (χ1) is 18.9. The summed E-state index contributed by atoms with van der Waals surface area (Å²) in [6.45, 7) is 2.34. The second kappa shape index (κ2) is 12.0. The molecule has 3 aromatic rings. The van der Waals surface area contributed by atoms with E-state index in [1.807, 2.05) is 6.07 Å². The van der Waals surface area contributed by atoms with E-state index in [4.69, 9.17) is 14.2 Å². The number of halogens is 2. The van der Waals surface area contributed by atoms with Gasteiger partial charge in [0.05, 0.1) is 70.1 Å². The number of hydrogen-bond donors (Lipinski definition) is 2. The molecular formula is C28H34F2N3O6S+. The summed E-state index contributed by atoms with van der Waals surface area (Å²) in [5.74, 6) is -2.64. The molecule has 1 aromatic heterocycles. The van der Waals surface area contributed by atoms with Crippen LogP contribution in [0.2, 0.25) is 0 Å². The molecule has 40 heavy (non-hydrogen) atoms. The summed E-state index contributed by atoms with van der Waals surface area (Å²) in [6.07, 6.45) is -0.448. The predicted molar refractivity (Wildman–Crippen MR) is 146 cm³/mol. The van der Waals surface area contributed by atoms with E-state index in [9.17, 15) is 23.5 Å². The highest BCUT2D eigenvalue weighted by Gasteiger charge is 2.46. The normalized spacial score (nSPS) is 14.2. The van der Waals surface area contributed by atoms with Gasteiger partial charge in [0.15, 0.2) is 23.1 Å². The van der Waals surface area contributed by atoms with E-state index in [1.54, 1.807) is 13.2 Å². The molecule has 0 fully saturated rings. The lowest BCUT2D eigenvalue weighted by molar-refractivity contribution is -0.870. The summed E-state index contributed by atoms with van der Waals surface area (Å²) in [5.41, 5.74) is 0.196. The fourth-order valence-corrected chi connectivity index (χ4v) is 5.65. The van der Waals surface area contributed by atoms with Crippen molar-refractivity contribution < 1.29 is 42.2 Å². The standard InChI is InChI=1S/C28H33F2N3O6S/c1-33(2,3)5-6-38-7-8-39-23-11-21-24(12-22(23)37-4)40-25(32-21)16-31-27(36)28(15-26(34)35)13-17-9-19(29)20(30)10-18(17)14-28/h9-12H,5-8,13-16H2,1-4H3,(H-,31,34,35,36)/p+1.